The van der Waals surface area contributed by atoms with Gasteiger partial charge in [-0.2, -0.15) is 0 Å². The standard InChI is InChI=1S/C8H7IN2OS/c9-11-4-6-5(8(11)12)2-1-3-7(6)13-10/h1-3H,4,10H2. The van der Waals surface area contributed by atoms with E-state index in [9.17, 15) is 4.79 Å². The lowest BCUT2D eigenvalue weighted by atomic mass is 10.1. The molecule has 13 heavy (non-hydrogen) atoms. The highest BCUT2D eigenvalue weighted by Gasteiger charge is 2.27. The zero-order valence-electron chi connectivity index (χ0n) is 6.66. The quantitative estimate of drug-likeness (QED) is 0.490. The third-order valence-corrected chi connectivity index (χ3v) is 3.42. The van der Waals surface area contributed by atoms with Crippen LogP contribution in [0, 0.1) is 0 Å². The third kappa shape index (κ3) is 1.44. The summed E-state index contributed by atoms with van der Waals surface area (Å²) in [6, 6.07) is 5.64. The minimum Gasteiger partial charge on any atom is -0.276 e. The lowest BCUT2D eigenvalue weighted by Gasteiger charge is -2.02. The second kappa shape index (κ2) is 3.47. The van der Waals surface area contributed by atoms with Gasteiger partial charge in [-0.05, 0) is 24.1 Å². The maximum atomic E-state index is 11.5. The van der Waals surface area contributed by atoms with Crippen molar-refractivity contribution in [3.63, 3.8) is 0 Å². The molecule has 1 aliphatic rings. The Balaban J connectivity index is 2.55. The van der Waals surface area contributed by atoms with Gasteiger partial charge in [0.1, 0.15) is 0 Å². The number of benzene rings is 1. The van der Waals surface area contributed by atoms with Crippen LogP contribution in [0.5, 0.6) is 0 Å². The number of carbonyl (C=O) groups is 1. The molecule has 2 rings (SSSR count). The van der Waals surface area contributed by atoms with E-state index in [1.165, 1.54) is 11.9 Å². The van der Waals surface area contributed by atoms with E-state index in [2.05, 4.69) is 0 Å². The summed E-state index contributed by atoms with van der Waals surface area (Å²) < 4.78 is 1.67. The molecule has 1 aromatic rings. The van der Waals surface area contributed by atoms with E-state index in [0.717, 1.165) is 16.0 Å². The Labute approximate surface area is 94.3 Å². The zero-order valence-corrected chi connectivity index (χ0v) is 9.63. The fourth-order valence-corrected chi connectivity index (χ4v) is 2.46. The van der Waals surface area contributed by atoms with Crippen molar-refractivity contribution < 1.29 is 4.79 Å². The highest BCUT2D eigenvalue weighted by molar-refractivity contribution is 14.1. The largest absolute Gasteiger partial charge is 0.276 e. The summed E-state index contributed by atoms with van der Waals surface area (Å²) in [5.74, 6) is 0.0755. The van der Waals surface area contributed by atoms with Gasteiger partial charge in [0, 0.05) is 16.0 Å². The molecule has 0 unspecified atom stereocenters. The predicted molar refractivity (Wildman–Crippen MR) is 60.4 cm³/mol. The molecule has 0 aliphatic carbocycles. The maximum absolute atomic E-state index is 11.5. The Morgan fingerprint density at radius 2 is 2.31 bits per heavy atom. The highest BCUT2D eigenvalue weighted by Crippen LogP contribution is 2.31. The molecule has 0 saturated carbocycles. The van der Waals surface area contributed by atoms with Gasteiger partial charge < -0.3 is 0 Å². The molecule has 0 saturated heterocycles. The molecule has 1 aliphatic heterocycles. The van der Waals surface area contributed by atoms with Gasteiger partial charge in [-0.1, -0.05) is 6.07 Å². The van der Waals surface area contributed by atoms with Crippen LogP contribution in [0.2, 0.25) is 0 Å². The fourth-order valence-electron chi connectivity index (χ4n) is 1.38. The summed E-state index contributed by atoms with van der Waals surface area (Å²) in [6.07, 6.45) is 0. The Kier molecular flexibility index (Phi) is 2.48. The first kappa shape index (κ1) is 9.29. The Bertz CT molecular complexity index is 369. The Hall–Kier alpha value is -0.270. The molecule has 0 radical (unpaired) electrons. The van der Waals surface area contributed by atoms with Crippen LogP contribution in [0.3, 0.4) is 0 Å². The Morgan fingerprint density at radius 1 is 1.54 bits per heavy atom. The van der Waals surface area contributed by atoms with Gasteiger partial charge in [0.15, 0.2) is 0 Å². The molecule has 3 nitrogen and oxygen atoms in total. The smallest absolute Gasteiger partial charge is 0.263 e. The van der Waals surface area contributed by atoms with Crippen molar-refractivity contribution in [1.29, 1.82) is 0 Å². The summed E-state index contributed by atoms with van der Waals surface area (Å²) in [7, 11) is 0. The monoisotopic (exact) mass is 306 g/mol. The van der Waals surface area contributed by atoms with Crippen molar-refractivity contribution in [2.75, 3.05) is 0 Å². The van der Waals surface area contributed by atoms with Crippen molar-refractivity contribution in [3.05, 3.63) is 29.3 Å². The molecule has 1 heterocycles. The normalized spacial score (nSPS) is 14.9. The van der Waals surface area contributed by atoms with Crippen LogP contribution in [-0.2, 0) is 6.54 Å². The van der Waals surface area contributed by atoms with Crippen molar-refractivity contribution in [2.24, 2.45) is 5.14 Å². The molecule has 68 valence electrons. The predicted octanol–water partition coefficient (Wildman–Crippen LogP) is 1.96. The number of halogens is 1. The second-order valence-corrected chi connectivity index (χ2v) is 4.57. The van der Waals surface area contributed by atoms with Crippen LogP contribution < -0.4 is 5.14 Å². The van der Waals surface area contributed by atoms with Crippen LogP contribution in [0.1, 0.15) is 15.9 Å². The molecule has 0 spiro atoms. The van der Waals surface area contributed by atoms with Gasteiger partial charge in [-0.25, -0.2) is 0 Å². The van der Waals surface area contributed by atoms with Crippen molar-refractivity contribution in [2.45, 2.75) is 11.4 Å². The fraction of sp³-hybridized carbons (Fsp3) is 0.125. The van der Waals surface area contributed by atoms with Crippen LogP contribution in [0.4, 0.5) is 0 Å². The van der Waals surface area contributed by atoms with Crippen molar-refractivity contribution >= 4 is 40.7 Å². The molecule has 1 amide bonds. The van der Waals surface area contributed by atoms with Crippen LogP contribution in [-0.4, -0.2) is 9.02 Å². The third-order valence-electron chi connectivity index (χ3n) is 2.01. The van der Waals surface area contributed by atoms with E-state index in [-0.39, 0.29) is 5.91 Å². The summed E-state index contributed by atoms with van der Waals surface area (Å²) >= 11 is 3.22. The first-order chi connectivity index (χ1) is 6.24. The molecule has 0 fully saturated rings. The average Bonchev–Trinajstić information content (AvgIpc) is 2.43. The van der Waals surface area contributed by atoms with Crippen LogP contribution >= 0.6 is 34.8 Å². The first-order valence-corrected chi connectivity index (χ1v) is 5.54. The van der Waals surface area contributed by atoms with Crippen molar-refractivity contribution in [3.8, 4) is 0 Å². The molecule has 0 bridgehead atoms. The number of hydrogen-bond donors (Lipinski definition) is 1. The zero-order chi connectivity index (χ0) is 9.42. The van der Waals surface area contributed by atoms with E-state index in [0.29, 0.717) is 6.54 Å². The van der Waals surface area contributed by atoms with Gasteiger partial charge in [-0.15, -0.1) is 0 Å². The number of nitrogens with zero attached hydrogens (tertiary/aromatic N) is 1. The van der Waals surface area contributed by atoms with Crippen LogP contribution in [0.15, 0.2) is 23.1 Å². The minimum atomic E-state index is 0.0755. The molecule has 1 aromatic carbocycles. The number of amides is 1. The second-order valence-electron chi connectivity index (χ2n) is 2.73. The maximum Gasteiger partial charge on any atom is 0.263 e. The molecule has 0 aromatic heterocycles. The number of hydrogen-bond acceptors (Lipinski definition) is 3. The SMILES string of the molecule is NSc1cccc2c1CN(I)C2=O. The van der Waals surface area contributed by atoms with E-state index >= 15 is 0 Å². The van der Waals surface area contributed by atoms with Gasteiger partial charge in [-0.3, -0.25) is 13.0 Å². The molecular formula is C8H7IN2OS. The highest BCUT2D eigenvalue weighted by atomic mass is 127. The molecule has 0 atom stereocenters. The molecule has 5 heteroatoms. The van der Waals surface area contributed by atoms with Gasteiger partial charge in [0.2, 0.25) is 0 Å². The average molecular weight is 306 g/mol. The summed E-state index contributed by atoms with van der Waals surface area (Å²) in [5.41, 5.74) is 1.83. The minimum absolute atomic E-state index is 0.0755. The van der Waals surface area contributed by atoms with Gasteiger partial charge >= 0.3 is 0 Å². The first-order valence-electron chi connectivity index (χ1n) is 3.70. The topological polar surface area (TPSA) is 46.3 Å². The molecular weight excluding hydrogens is 299 g/mol. The Morgan fingerprint density at radius 3 is 3.00 bits per heavy atom. The number of rotatable bonds is 1. The number of carbonyl (C=O) groups excluding carboxylic acids is 1. The lowest BCUT2D eigenvalue weighted by Crippen LogP contribution is -2.09. The number of nitrogens with two attached hydrogens (primary N) is 1. The number of fused-ring (bicyclic) bond motifs is 1. The van der Waals surface area contributed by atoms with E-state index in [1.807, 2.05) is 41.1 Å². The van der Waals surface area contributed by atoms with Gasteiger partial charge in [0.25, 0.3) is 5.91 Å². The summed E-state index contributed by atoms with van der Waals surface area (Å²) in [4.78, 5) is 12.5. The van der Waals surface area contributed by atoms with Crippen molar-refractivity contribution in [1.82, 2.24) is 3.11 Å². The van der Waals surface area contributed by atoms with E-state index in [4.69, 9.17) is 5.14 Å². The summed E-state index contributed by atoms with van der Waals surface area (Å²) in [5, 5.41) is 5.50. The lowest BCUT2D eigenvalue weighted by molar-refractivity contribution is 0.0905. The molecule has 2 N–H and O–H groups in total. The van der Waals surface area contributed by atoms with E-state index in [1.54, 1.807) is 3.11 Å². The van der Waals surface area contributed by atoms with Gasteiger partial charge in [0.05, 0.1) is 29.4 Å². The van der Waals surface area contributed by atoms with E-state index < -0.39 is 0 Å². The summed E-state index contributed by atoms with van der Waals surface area (Å²) in [6.45, 7) is 0.662. The van der Waals surface area contributed by atoms with Crippen LogP contribution in [0.25, 0.3) is 0 Å².